The topological polar surface area (TPSA) is 35.5 Å². The van der Waals surface area contributed by atoms with E-state index in [1.165, 1.54) is 6.08 Å². The van der Waals surface area contributed by atoms with E-state index < -0.39 is 5.97 Å². The minimum absolute atomic E-state index is 0.320. The molecule has 0 saturated heterocycles. The Labute approximate surface area is 110 Å². The largest absolute Gasteiger partial charge is 0.463 e. The van der Waals surface area contributed by atoms with Gasteiger partial charge >= 0.3 is 5.97 Å². The third-order valence-corrected chi connectivity index (χ3v) is 2.32. The Morgan fingerprint density at radius 2 is 2.12 bits per heavy atom. The van der Waals surface area contributed by atoms with Gasteiger partial charge in [0.05, 0.1) is 17.7 Å². The molecule has 17 heavy (non-hydrogen) atoms. The van der Waals surface area contributed by atoms with Gasteiger partial charge in [0.2, 0.25) is 0 Å². The summed E-state index contributed by atoms with van der Waals surface area (Å²) in [6.45, 7) is 3.68. The fourth-order valence-corrected chi connectivity index (χ4v) is 1.43. The van der Waals surface area contributed by atoms with Crippen LogP contribution in [0.15, 0.2) is 30.0 Å². The van der Waals surface area contributed by atoms with E-state index in [4.69, 9.17) is 32.7 Å². The first kappa shape index (κ1) is 13.9. The number of benzene rings is 1. The Morgan fingerprint density at radius 1 is 1.41 bits per heavy atom. The molecule has 0 spiro atoms. The van der Waals surface area contributed by atoms with E-state index in [0.29, 0.717) is 28.2 Å². The molecular weight excluding hydrogens is 263 g/mol. The van der Waals surface area contributed by atoms with Crippen LogP contribution >= 0.6 is 23.2 Å². The van der Waals surface area contributed by atoms with Crippen LogP contribution in [0.4, 0.5) is 0 Å². The maximum Gasteiger partial charge on any atom is 0.334 e. The van der Waals surface area contributed by atoms with Crippen LogP contribution in [0.2, 0.25) is 10.0 Å². The fourth-order valence-electron chi connectivity index (χ4n) is 1.11. The summed E-state index contributed by atoms with van der Waals surface area (Å²) in [5.74, 6) is 0.327. The summed E-state index contributed by atoms with van der Waals surface area (Å²) in [6, 6.07) is 4.85. The Morgan fingerprint density at radius 3 is 2.76 bits per heavy atom. The average molecular weight is 275 g/mol. The Hall–Kier alpha value is -1.19. The van der Waals surface area contributed by atoms with Crippen molar-refractivity contribution in [1.82, 2.24) is 0 Å². The number of rotatable bonds is 4. The van der Waals surface area contributed by atoms with Crippen LogP contribution in [0, 0.1) is 0 Å². The SMILES string of the molecule is CCOC(=O)/C=C(\C)Oc1cc(Cl)ccc1Cl. The fraction of sp³-hybridized carbons (Fsp3) is 0.250. The number of carbonyl (C=O) groups excluding carboxylic acids is 1. The number of ether oxygens (including phenoxy) is 2. The molecule has 0 radical (unpaired) electrons. The van der Waals surface area contributed by atoms with E-state index in [0.717, 1.165) is 0 Å². The van der Waals surface area contributed by atoms with Crippen molar-refractivity contribution >= 4 is 29.2 Å². The van der Waals surface area contributed by atoms with Gasteiger partial charge in [0, 0.05) is 11.1 Å². The van der Waals surface area contributed by atoms with Crippen molar-refractivity contribution < 1.29 is 14.3 Å². The standard InChI is InChI=1S/C12H12Cl2O3/c1-3-16-12(15)6-8(2)17-11-7-9(13)4-5-10(11)14/h4-7H,3H2,1-2H3/b8-6+. The second-order valence-corrected chi connectivity index (χ2v) is 4.03. The van der Waals surface area contributed by atoms with Crippen molar-refractivity contribution in [2.75, 3.05) is 6.61 Å². The van der Waals surface area contributed by atoms with Crippen molar-refractivity contribution in [1.29, 1.82) is 0 Å². The van der Waals surface area contributed by atoms with Gasteiger partial charge in [-0.3, -0.25) is 0 Å². The van der Waals surface area contributed by atoms with Crippen LogP contribution in [-0.2, 0) is 9.53 Å². The van der Waals surface area contributed by atoms with Gasteiger partial charge in [-0.1, -0.05) is 23.2 Å². The summed E-state index contributed by atoms with van der Waals surface area (Å²) >= 11 is 11.7. The van der Waals surface area contributed by atoms with Gasteiger partial charge in [-0.25, -0.2) is 4.79 Å². The second-order valence-electron chi connectivity index (χ2n) is 3.18. The maximum atomic E-state index is 11.2. The van der Waals surface area contributed by atoms with Gasteiger partial charge in [0.25, 0.3) is 0 Å². The molecule has 1 aromatic rings. The molecule has 0 fully saturated rings. The average Bonchev–Trinajstić information content (AvgIpc) is 2.23. The number of hydrogen-bond acceptors (Lipinski definition) is 3. The minimum Gasteiger partial charge on any atom is -0.463 e. The quantitative estimate of drug-likeness (QED) is 0.476. The van der Waals surface area contributed by atoms with E-state index in [1.54, 1.807) is 32.0 Å². The van der Waals surface area contributed by atoms with Crippen molar-refractivity contribution in [2.24, 2.45) is 0 Å². The summed E-state index contributed by atoms with van der Waals surface area (Å²) in [7, 11) is 0. The highest BCUT2D eigenvalue weighted by atomic mass is 35.5. The van der Waals surface area contributed by atoms with Crippen LogP contribution in [0.5, 0.6) is 5.75 Å². The maximum absolute atomic E-state index is 11.2. The third kappa shape index (κ3) is 4.67. The number of carbonyl (C=O) groups is 1. The Bertz CT molecular complexity index is 441. The lowest BCUT2D eigenvalue weighted by Crippen LogP contribution is -2.02. The van der Waals surface area contributed by atoms with Gasteiger partial charge in [-0.05, 0) is 26.0 Å². The minimum atomic E-state index is -0.455. The van der Waals surface area contributed by atoms with Crippen LogP contribution < -0.4 is 4.74 Å². The molecule has 0 amide bonds. The highest BCUT2D eigenvalue weighted by Gasteiger charge is 2.05. The Balaban J connectivity index is 2.77. The van der Waals surface area contributed by atoms with Gasteiger partial charge in [-0.2, -0.15) is 0 Å². The molecule has 0 heterocycles. The van der Waals surface area contributed by atoms with Gasteiger partial charge in [0.1, 0.15) is 11.5 Å². The number of esters is 1. The van der Waals surface area contributed by atoms with E-state index in [1.807, 2.05) is 0 Å². The van der Waals surface area contributed by atoms with Crippen molar-refractivity contribution in [3.8, 4) is 5.75 Å². The number of allylic oxidation sites excluding steroid dienone is 1. The summed E-state index contributed by atoms with van der Waals surface area (Å²) in [6.07, 6.45) is 1.25. The predicted molar refractivity (Wildman–Crippen MR) is 67.5 cm³/mol. The van der Waals surface area contributed by atoms with Crippen LogP contribution in [-0.4, -0.2) is 12.6 Å². The predicted octanol–water partition coefficient (Wildman–Crippen LogP) is 3.84. The molecule has 0 atom stereocenters. The summed E-state index contributed by atoms with van der Waals surface area (Å²) in [5.41, 5.74) is 0. The molecule has 0 unspecified atom stereocenters. The highest BCUT2D eigenvalue weighted by molar-refractivity contribution is 6.34. The van der Waals surface area contributed by atoms with Crippen LogP contribution in [0.1, 0.15) is 13.8 Å². The van der Waals surface area contributed by atoms with Crippen molar-refractivity contribution in [3.63, 3.8) is 0 Å². The van der Waals surface area contributed by atoms with Crippen LogP contribution in [0.25, 0.3) is 0 Å². The lowest BCUT2D eigenvalue weighted by molar-refractivity contribution is -0.137. The highest BCUT2D eigenvalue weighted by Crippen LogP contribution is 2.28. The van der Waals surface area contributed by atoms with Crippen molar-refractivity contribution in [2.45, 2.75) is 13.8 Å². The molecule has 1 rings (SSSR count). The Kier molecular flexibility index (Phi) is 5.32. The summed E-state index contributed by atoms with van der Waals surface area (Å²) in [5, 5.41) is 0.930. The lowest BCUT2D eigenvalue weighted by Gasteiger charge is -2.07. The molecule has 0 N–H and O–H groups in total. The van der Waals surface area contributed by atoms with E-state index in [-0.39, 0.29) is 0 Å². The monoisotopic (exact) mass is 274 g/mol. The van der Waals surface area contributed by atoms with E-state index in [9.17, 15) is 4.79 Å². The number of halogens is 2. The molecule has 0 aromatic heterocycles. The summed E-state index contributed by atoms with van der Waals surface area (Å²) < 4.78 is 10.1. The zero-order valence-electron chi connectivity index (χ0n) is 9.50. The van der Waals surface area contributed by atoms with Crippen LogP contribution in [0.3, 0.4) is 0 Å². The second kappa shape index (κ2) is 6.52. The molecule has 0 aliphatic carbocycles. The zero-order valence-corrected chi connectivity index (χ0v) is 11.0. The molecule has 0 bridgehead atoms. The van der Waals surface area contributed by atoms with Gasteiger partial charge < -0.3 is 9.47 Å². The molecular formula is C12H12Cl2O3. The zero-order chi connectivity index (χ0) is 12.8. The molecule has 92 valence electrons. The molecule has 3 nitrogen and oxygen atoms in total. The first-order valence-corrected chi connectivity index (χ1v) is 5.76. The molecule has 5 heteroatoms. The van der Waals surface area contributed by atoms with Gasteiger partial charge in [0.15, 0.2) is 0 Å². The molecule has 1 aromatic carbocycles. The smallest absolute Gasteiger partial charge is 0.334 e. The first-order valence-electron chi connectivity index (χ1n) is 5.01. The van der Waals surface area contributed by atoms with Crippen molar-refractivity contribution in [3.05, 3.63) is 40.1 Å². The first-order chi connectivity index (χ1) is 8.02. The third-order valence-electron chi connectivity index (χ3n) is 1.77. The molecule has 0 aliphatic rings. The molecule has 0 aliphatic heterocycles. The molecule has 0 saturated carbocycles. The number of hydrogen-bond donors (Lipinski definition) is 0. The van der Waals surface area contributed by atoms with Gasteiger partial charge in [-0.15, -0.1) is 0 Å². The summed E-state index contributed by atoms with van der Waals surface area (Å²) in [4.78, 5) is 11.2. The lowest BCUT2D eigenvalue weighted by atomic mass is 10.3. The normalized spacial score (nSPS) is 11.2. The van der Waals surface area contributed by atoms with E-state index in [2.05, 4.69) is 0 Å². The van der Waals surface area contributed by atoms with E-state index >= 15 is 0 Å².